The van der Waals surface area contributed by atoms with Crippen LogP contribution in [0.3, 0.4) is 0 Å². The maximum Gasteiger partial charge on any atom is 0.248 e. The van der Waals surface area contributed by atoms with Gasteiger partial charge in [-0.15, -0.1) is 13.2 Å². The molecule has 3 heterocycles. The number of amides is 3. The second-order valence-electron chi connectivity index (χ2n) is 12.8. The zero-order valence-corrected chi connectivity index (χ0v) is 27.3. The Labute approximate surface area is 262 Å². The minimum absolute atomic E-state index is 0.0750. The van der Waals surface area contributed by atoms with Gasteiger partial charge in [0.25, 0.3) is 0 Å². The van der Waals surface area contributed by atoms with Gasteiger partial charge in [0.2, 0.25) is 17.7 Å². The second-order valence-corrected chi connectivity index (χ2v) is 12.8. The summed E-state index contributed by atoms with van der Waals surface area (Å²) in [6.45, 7) is 20.3. The van der Waals surface area contributed by atoms with Crippen molar-refractivity contribution in [2.24, 2.45) is 17.8 Å². The van der Waals surface area contributed by atoms with Crippen molar-refractivity contribution in [3.05, 3.63) is 49.6 Å². The van der Waals surface area contributed by atoms with Crippen LogP contribution in [0.5, 0.6) is 5.75 Å². The Bertz CT molecular complexity index is 1230. The van der Waals surface area contributed by atoms with Gasteiger partial charge < -0.3 is 29.3 Å². The number of carbonyl (C=O) groups is 3. The van der Waals surface area contributed by atoms with Crippen LogP contribution in [0.1, 0.15) is 67.2 Å². The molecular weight excluding hydrogens is 558 g/mol. The first kappa shape index (κ1) is 33.7. The minimum atomic E-state index is -1.18. The molecule has 3 aliphatic rings. The SMILES string of the molecule is C=CCN(C(=O)[C@@H]1[C@H]2C(=O)N([C@@H](CO)[C@@H](C)CC)C(C(=O)N(CC=C)C(C)C)C23CC[C@@]1(CC)O3)c1ccc(OCC)cc1. The molecule has 7 atom stereocenters. The summed E-state index contributed by atoms with van der Waals surface area (Å²) in [5.74, 6) is -1.77. The number of fused-ring (bicyclic) bond motifs is 1. The predicted molar refractivity (Wildman–Crippen MR) is 171 cm³/mol. The van der Waals surface area contributed by atoms with E-state index in [1.807, 2.05) is 65.8 Å². The lowest BCUT2D eigenvalue weighted by atomic mass is 9.64. The number of ether oxygens (including phenoxy) is 2. The van der Waals surface area contributed by atoms with Crippen molar-refractivity contribution in [3.8, 4) is 5.75 Å². The van der Waals surface area contributed by atoms with Crippen molar-refractivity contribution in [2.75, 3.05) is 31.2 Å². The highest BCUT2D eigenvalue weighted by molar-refractivity contribution is 6.03. The third-order valence-corrected chi connectivity index (χ3v) is 10.2. The van der Waals surface area contributed by atoms with Crippen LogP contribution in [-0.4, -0.2) is 88.3 Å². The fourth-order valence-corrected chi connectivity index (χ4v) is 7.84. The molecule has 3 fully saturated rings. The summed E-state index contributed by atoms with van der Waals surface area (Å²) in [7, 11) is 0. The number of nitrogens with zero attached hydrogens (tertiary/aromatic N) is 3. The van der Waals surface area contributed by atoms with Crippen molar-refractivity contribution in [2.45, 2.75) is 96.6 Å². The Kier molecular flexibility index (Phi) is 10.3. The van der Waals surface area contributed by atoms with Gasteiger partial charge in [0, 0.05) is 24.8 Å². The topological polar surface area (TPSA) is 99.6 Å². The van der Waals surface area contributed by atoms with E-state index >= 15 is 0 Å². The molecule has 9 heteroatoms. The fourth-order valence-electron chi connectivity index (χ4n) is 7.84. The minimum Gasteiger partial charge on any atom is -0.494 e. The lowest BCUT2D eigenvalue weighted by Crippen LogP contribution is -2.60. The fraction of sp³-hybridized carbons (Fsp3) is 0.629. The van der Waals surface area contributed by atoms with Crippen LogP contribution < -0.4 is 9.64 Å². The van der Waals surface area contributed by atoms with E-state index in [2.05, 4.69) is 13.2 Å². The maximum absolute atomic E-state index is 14.8. The Morgan fingerprint density at radius 3 is 2.27 bits per heavy atom. The molecule has 0 aliphatic carbocycles. The standard InChI is InChI=1S/C35H51N3O6/c1-9-20-36(23(6)7)33(42)30-35-19-18-34(12-4,44-35)28(29(35)32(41)38(30)27(22-39)24(8)11-3)31(40)37(21-10-2)25-14-16-26(17-15-25)43-13-5/h9-10,14-17,23-24,27-30,39H,1-2,11-13,18-22H2,3-8H3/t24-,27-,28-,29-,30?,34+,35?/m0/s1. The zero-order valence-electron chi connectivity index (χ0n) is 27.3. The van der Waals surface area contributed by atoms with Crippen LogP contribution in [-0.2, 0) is 19.1 Å². The third-order valence-electron chi connectivity index (χ3n) is 10.2. The van der Waals surface area contributed by atoms with E-state index in [0.29, 0.717) is 50.3 Å². The molecule has 0 saturated carbocycles. The van der Waals surface area contributed by atoms with Gasteiger partial charge in [-0.1, -0.05) is 39.3 Å². The van der Waals surface area contributed by atoms with Crippen molar-refractivity contribution in [1.82, 2.24) is 9.80 Å². The molecule has 3 amide bonds. The third kappa shape index (κ3) is 5.36. The van der Waals surface area contributed by atoms with Crippen molar-refractivity contribution in [1.29, 1.82) is 0 Å². The van der Waals surface area contributed by atoms with Crippen molar-refractivity contribution >= 4 is 23.4 Å². The molecule has 1 aromatic rings. The summed E-state index contributed by atoms with van der Waals surface area (Å²) in [6, 6.07) is 5.62. The van der Waals surface area contributed by atoms with Crippen LogP contribution in [0.15, 0.2) is 49.6 Å². The highest BCUT2D eigenvalue weighted by Crippen LogP contribution is 2.65. The van der Waals surface area contributed by atoms with E-state index < -0.39 is 35.1 Å². The first-order valence-corrected chi connectivity index (χ1v) is 16.2. The molecule has 4 rings (SSSR count). The molecule has 0 aromatic heterocycles. The number of likely N-dealkylation sites (tertiary alicyclic amines) is 1. The average Bonchev–Trinajstić information content (AvgIpc) is 3.62. The molecular formula is C35H51N3O6. The van der Waals surface area contributed by atoms with Gasteiger partial charge in [0.1, 0.15) is 17.4 Å². The zero-order chi connectivity index (χ0) is 32.4. The van der Waals surface area contributed by atoms with E-state index in [4.69, 9.17) is 9.47 Å². The lowest BCUT2D eigenvalue weighted by molar-refractivity contribution is -0.158. The van der Waals surface area contributed by atoms with Crippen LogP contribution in [0.4, 0.5) is 5.69 Å². The Hall–Kier alpha value is -3.17. The molecule has 1 N–H and O–H groups in total. The maximum atomic E-state index is 14.8. The number of carbonyl (C=O) groups excluding carboxylic acids is 3. The van der Waals surface area contributed by atoms with E-state index in [0.717, 1.165) is 0 Å². The molecule has 0 radical (unpaired) electrons. The summed E-state index contributed by atoms with van der Waals surface area (Å²) in [5.41, 5.74) is -1.40. The van der Waals surface area contributed by atoms with Crippen LogP contribution in [0, 0.1) is 17.8 Å². The highest BCUT2D eigenvalue weighted by atomic mass is 16.5. The summed E-state index contributed by atoms with van der Waals surface area (Å²) >= 11 is 0. The van der Waals surface area contributed by atoms with Crippen molar-refractivity contribution < 1.29 is 29.0 Å². The molecule has 9 nitrogen and oxygen atoms in total. The van der Waals surface area contributed by atoms with Gasteiger partial charge >= 0.3 is 0 Å². The highest BCUT2D eigenvalue weighted by Gasteiger charge is 2.79. The molecule has 1 aromatic carbocycles. The summed E-state index contributed by atoms with van der Waals surface area (Å²) in [6.07, 6.45) is 5.63. The largest absolute Gasteiger partial charge is 0.494 e. The van der Waals surface area contributed by atoms with E-state index in [-0.39, 0.29) is 42.8 Å². The Balaban J connectivity index is 1.86. The lowest BCUT2D eigenvalue weighted by Gasteiger charge is -2.42. The number of rotatable bonds is 15. The van der Waals surface area contributed by atoms with Gasteiger partial charge in [-0.25, -0.2) is 0 Å². The van der Waals surface area contributed by atoms with Gasteiger partial charge in [-0.3, -0.25) is 14.4 Å². The monoisotopic (exact) mass is 609 g/mol. The number of hydrogen-bond acceptors (Lipinski definition) is 6. The molecule has 1 spiro atoms. The Morgan fingerprint density at radius 2 is 1.75 bits per heavy atom. The van der Waals surface area contributed by atoms with Gasteiger partial charge in [-0.2, -0.15) is 0 Å². The smallest absolute Gasteiger partial charge is 0.248 e. The van der Waals surface area contributed by atoms with E-state index in [1.165, 1.54) is 0 Å². The average molecular weight is 610 g/mol. The first-order valence-electron chi connectivity index (χ1n) is 16.2. The van der Waals surface area contributed by atoms with Crippen molar-refractivity contribution in [3.63, 3.8) is 0 Å². The van der Waals surface area contributed by atoms with Crippen LogP contribution >= 0.6 is 0 Å². The summed E-state index contributed by atoms with van der Waals surface area (Å²) in [4.78, 5) is 49.2. The number of aliphatic hydroxyl groups is 1. The normalized spacial score (nSPS) is 28.5. The molecule has 3 saturated heterocycles. The van der Waals surface area contributed by atoms with Gasteiger partial charge in [-0.05, 0) is 70.2 Å². The van der Waals surface area contributed by atoms with Gasteiger partial charge in [0.15, 0.2) is 0 Å². The predicted octanol–water partition coefficient (Wildman–Crippen LogP) is 4.59. The van der Waals surface area contributed by atoms with Crippen LogP contribution in [0.2, 0.25) is 0 Å². The first-order chi connectivity index (χ1) is 21.0. The van der Waals surface area contributed by atoms with Crippen LogP contribution in [0.25, 0.3) is 0 Å². The van der Waals surface area contributed by atoms with Gasteiger partial charge in [0.05, 0.1) is 36.7 Å². The molecule has 2 unspecified atom stereocenters. The summed E-state index contributed by atoms with van der Waals surface area (Å²) in [5, 5.41) is 10.7. The molecule has 242 valence electrons. The number of hydrogen-bond donors (Lipinski definition) is 1. The molecule has 2 bridgehead atoms. The number of benzene rings is 1. The molecule has 44 heavy (non-hydrogen) atoms. The number of aliphatic hydroxyl groups excluding tert-OH is 1. The quantitative estimate of drug-likeness (QED) is 0.292. The summed E-state index contributed by atoms with van der Waals surface area (Å²) < 4.78 is 12.6. The molecule has 3 aliphatic heterocycles. The second kappa shape index (κ2) is 13.4. The van der Waals surface area contributed by atoms with E-state index in [1.54, 1.807) is 26.9 Å². The number of anilines is 1. The van der Waals surface area contributed by atoms with E-state index in [9.17, 15) is 19.5 Å². The Morgan fingerprint density at radius 1 is 1.09 bits per heavy atom.